The minimum absolute atomic E-state index is 0.0983. The molecule has 0 radical (unpaired) electrons. The number of ether oxygens (including phenoxy) is 1. The summed E-state index contributed by atoms with van der Waals surface area (Å²) >= 11 is 12.3. The number of nitrogens with zero attached hydrogens (tertiary/aromatic N) is 1. The third-order valence-corrected chi connectivity index (χ3v) is 3.18. The Morgan fingerprint density at radius 1 is 1.50 bits per heavy atom. The van der Waals surface area contributed by atoms with Gasteiger partial charge in [0.05, 0.1) is 8.59 Å². The van der Waals surface area contributed by atoms with Gasteiger partial charge in [-0.05, 0) is 34.2 Å². The molecule has 16 heavy (non-hydrogen) atoms. The number of hydrogen-bond donors (Lipinski definition) is 0. The minimum atomic E-state index is -4.91. The summed E-state index contributed by atoms with van der Waals surface area (Å²) in [5.41, 5.74) is -0.381. The molecule has 1 heterocycles. The van der Waals surface area contributed by atoms with Crippen LogP contribution >= 0.6 is 45.8 Å². The minimum Gasteiger partial charge on any atom is -0.388 e. The van der Waals surface area contributed by atoms with Crippen LogP contribution in [0.3, 0.4) is 0 Å². The molecule has 88 valence electrons. The topological polar surface area (TPSA) is 39.2 Å². The summed E-state index contributed by atoms with van der Waals surface area (Å²) in [6.07, 6.45) is -4.91. The van der Waals surface area contributed by atoms with Crippen molar-refractivity contribution in [3.8, 4) is 5.88 Å². The third kappa shape index (κ3) is 3.63. The van der Waals surface area contributed by atoms with Crippen LogP contribution in [-0.4, -0.2) is 16.6 Å². The zero-order valence-corrected chi connectivity index (χ0v) is 10.8. The molecule has 1 aromatic heterocycles. The van der Waals surface area contributed by atoms with Crippen LogP contribution in [-0.2, 0) is 0 Å². The van der Waals surface area contributed by atoms with Gasteiger partial charge >= 0.3 is 6.36 Å². The highest BCUT2D eigenvalue weighted by atomic mass is 127. The van der Waals surface area contributed by atoms with E-state index in [2.05, 4.69) is 9.72 Å². The standard InChI is InChI=1S/C7HCl2F3INO2/c8-2-1-3(16-7(10,11)12)14-5(4(2)13)6(9)15/h1H. The van der Waals surface area contributed by atoms with Crippen LogP contribution in [0.5, 0.6) is 5.88 Å². The molecule has 3 nitrogen and oxygen atoms in total. The molecule has 1 rings (SSSR count). The highest BCUT2D eigenvalue weighted by Gasteiger charge is 2.32. The van der Waals surface area contributed by atoms with Crippen molar-refractivity contribution in [1.82, 2.24) is 4.98 Å². The van der Waals surface area contributed by atoms with Gasteiger partial charge in [0, 0.05) is 6.07 Å². The van der Waals surface area contributed by atoms with Crippen LogP contribution in [0, 0.1) is 3.57 Å². The zero-order chi connectivity index (χ0) is 12.5. The molecule has 0 aliphatic carbocycles. The summed E-state index contributed by atoms with van der Waals surface area (Å²) in [6.45, 7) is 0. The summed E-state index contributed by atoms with van der Waals surface area (Å²) in [5, 5.41) is -1.11. The monoisotopic (exact) mass is 385 g/mol. The second-order valence-electron chi connectivity index (χ2n) is 2.43. The van der Waals surface area contributed by atoms with E-state index in [9.17, 15) is 18.0 Å². The third-order valence-electron chi connectivity index (χ3n) is 1.30. The van der Waals surface area contributed by atoms with E-state index in [0.717, 1.165) is 6.07 Å². The first kappa shape index (κ1) is 13.8. The Balaban J connectivity index is 3.19. The molecule has 0 amide bonds. The fraction of sp³-hybridized carbons (Fsp3) is 0.143. The van der Waals surface area contributed by atoms with Gasteiger partial charge in [0.2, 0.25) is 5.88 Å². The summed E-state index contributed by atoms with van der Waals surface area (Å²) in [4.78, 5) is 14.1. The van der Waals surface area contributed by atoms with Crippen molar-refractivity contribution >= 4 is 51.0 Å². The predicted octanol–water partition coefficient (Wildman–Crippen LogP) is 3.62. The van der Waals surface area contributed by atoms with Gasteiger partial charge in [-0.1, -0.05) is 11.6 Å². The van der Waals surface area contributed by atoms with Gasteiger partial charge < -0.3 is 4.74 Å². The maximum atomic E-state index is 11.9. The Morgan fingerprint density at radius 3 is 2.50 bits per heavy atom. The van der Waals surface area contributed by atoms with E-state index >= 15 is 0 Å². The SMILES string of the molecule is O=C(Cl)c1nc(OC(F)(F)F)cc(Cl)c1I. The van der Waals surface area contributed by atoms with Gasteiger partial charge in [-0.25, -0.2) is 4.98 Å². The summed E-state index contributed by atoms with van der Waals surface area (Å²) in [5.74, 6) is -0.832. The number of halogens is 6. The van der Waals surface area contributed by atoms with Gasteiger partial charge in [-0.3, -0.25) is 4.79 Å². The van der Waals surface area contributed by atoms with Gasteiger partial charge in [0.25, 0.3) is 5.24 Å². The molecule has 9 heteroatoms. The Morgan fingerprint density at radius 2 is 2.06 bits per heavy atom. The lowest BCUT2D eigenvalue weighted by Crippen LogP contribution is -2.18. The number of rotatable bonds is 2. The lowest BCUT2D eigenvalue weighted by molar-refractivity contribution is -0.276. The number of carbonyl (C=O) groups is 1. The Labute approximate surface area is 111 Å². The molecule has 0 saturated carbocycles. The molecule has 0 fully saturated rings. The van der Waals surface area contributed by atoms with Crippen molar-refractivity contribution in [2.24, 2.45) is 0 Å². The van der Waals surface area contributed by atoms with E-state index < -0.39 is 17.5 Å². The molecular weight excluding hydrogens is 385 g/mol. The smallest absolute Gasteiger partial charge is 0.388 e. The van der Waals surface area contributed by atoms with Gasteiger partial charge in [0.1, 0.15) is 5.69 Å². The summed E-state index contributed by atoms with van der Waals surface area (Å²) < 4.78 is 39.3. The lowest BCUT2D eigenvalue weighted by atomic mass is 10.4. The number of hydrogen-bond acceptors (Lipinski definition) is 3. The molecule has 0 saturated heterocycles. The van der Waals surface area contributed by atoms with Crippen LogP contribution in [0.4, 0.5) is 13.2 Å². The van der Waals surface area contributed by atoms with Crippen molar-refractivity contribution in [1.29, 1.82) is 0 Å². The maximum Gasteiger partial charge on any atom is 0.574 e. The van der Waals surface area contributed by atoms with Crippen LogP contribution < -0.4 is 4.74 Å². The predicted molar refractivity (Wildman–Crippen MR) is 58.8 cm³/mol. The Bertz CT molecular complexity index is 438. The van der Waals surface area contributed by atoms with Gasteiger partial charge in [-0.15, -0.1) is 13.2 Å². The van der Waals surface area contributed by atoms with Gasteiger partial charge in [-0.2, -0.15) is 0 Å². The molecule has 0 aromatic carbocycles. The molecule has 0 spiro atoms. The van der Waals surface area contributed by atoms with Crippen molar-refractivity contribution in [2.75, 3.05) is 0 Å². The van der Waals surface area contributed by atoms with Crippen molar-refractivity contribution in [3.63, 3.8) is 0 Å². The second-order valence-corrected chi connectivity index (χ2v) is 4.26. The summed E-state index contributed by atoms with van der Waals surface area (Å²) in [6, 6.07) is 0.847. The highest BCUT2D eigenvalue weighted by Crippen LogP contribution is 2.29. The molecule has 1 aromatic rings. The first-order valence-corrected chi connectivity index (χ1v) is 5.36. The molecule has 0 N–H and O–H groups in total. The van der Waals surface area contributed by atoms with Crippen LogP contribution in [0.25, 0.3) is 0 Å². The highest BCUT2D eigenvalue weighted by molar-refractivity contribution is 14.1. The fourth-order valence-electron chi connectivity index (χ4n) is 0.778. The van der Waals surface area contributed by atoms with E-state index in [1.165, 1.54) is 0 Å². The molecule has 0 bridgehead atoms. The molecular formula is C7HCl2F3INO2. The number of pyridine rings is 1. The quantitative estimate of drug-likeness (QED) is 0.576. The maximum absolute atomic E-state index is 11.9. The number of carbonyl (C=O) groups excluding carboxylic acids is 1. The summed E-state index contributed by atoms with van der Waals surface area (Å²) in [7, 11) is 0. The molecule has 0 aliphatic rings. The molecule has 0 unspecified atom stereocenters. The average Bonchev–Trinajstić information content (AvgIpc) is 2.07. The van der Waals surface area contributed by atoms with E-state index in [0.29, 0.717) is 0 Å². The first-order valence-electron chi connectivity index (χ1n) is 3.52. The largest absolute Gasteiger partial charge is 0.574 e. The van der Waals surface area contributed by atoms with Crippen molar-refractivity contribution in [2.45, 2.75) is 6.36 Å². The van der Waals surface area contributed by atoms with Crippen LogP contribution in [0.1, 0.15) is 10.5 Å². The van der Waals surface area contributed by atoms with Crippen molar-refractivity contribution < 1.29 is 22.7 Å². The van der Waals surface area contributed by atoms with Crippen LogP contribution in [0.15, 0.2) is 6.07 Å². The van der Waals surface area contributed by atoms with E-state index in [4.69, 9.17) is 23.2 Å². The number of alkyl halides is 3. The molecule has 0 atom stereocenters. The number of aromatic nitrogens is 1. The normalized spacial score (nSPS) is 11.4. The Hall–Kier alpha value is -0.280. The molecule has 0 aliphatic heterocycles. The average molecular weight is 386 g/mol. The van der Waals surface area contributed by atoms with Crippen LogP contribution in [0.2, 0.25) is 5.02 Å². The van der Waals surface area contributed by atoms with Gasteiger partial charge in [0.15, 0.2) is 0 Å². The lowest BCUT2D eigenvalue weighted by Gasteiger charge is -2.09. The van der Waals surface area contributed by atoms with E-state index in [1.807, 2.05) is 0 Å². The zero-order valence-electron chi connectivity index (χ0n) is 7.11. The Kier molecular flexibility index (Phi) is 4.24. The second kappa shape index (κ2) is 4.92. The van der Waals surface area contributed by atoms with E-state index in [-0.39, 0.29) is 14.3 Å². The fourth-order valence-corrected chi connectivity index (χ4v) is 1.78. The van der Waals surface area contributed by atoms with E-state index in [1.54, 1.807) is 22.6 Å². The van der Waals surface area contributed by atoms with Crippen molar-refractivity contribution in [3.05, 3.63) is 20.4 Å². The first-order chi connectivity index (χ1) is 7.20.